The van der Waals surface area contributed by atoms with E-state index in [4.69, 9.17) is 37.9 Å². The first-order valence-corrected chi connectivity index (χ1v) is 23.3. The third-order valence-corrected chi connectivity index (χ3v) is 12.6. The summed E-state index contributed by atoms with van der Waals surface area (Å²) in [7, 11) is 6.97. The molecular weight excluding hydrogens is 855 g/mol. The molecule has 1 aromatic heterocycles. The zero-order chi connectivity index (χ0) is 48.9. The van der Waals surface area contributed by atoms with Crippen LogP contribution in [0.3, 0.4) is 0 Å². The fourth-order valence-electron chi connectivity index (χ4n) is 9.48. The van der Waals surface area contributed by atoms with Gasteiger partial charge in [0.2, 0.25) is 0 Å². The van der Waals surface area contributed by atoms with E-state index >= 15 is 0 Å². The van der Waals surface area contributed by atoms with E-state index in [1.165, 1.54) is 14.0 Å². The summed E-state index contributed by atoms with van der Waals surface area (Å²) in [6.45, 7) is 14.5. The summed E-state index contributed by atoms with van der Waals surface area (Å²) in [6, 6.07) is 4.78. The molecule has 4 heterocycles. The van der Waals surface area contributed by atoms with Crippen molar-refractivity contribution in [1.82, 2.24) is 14.8 Å². The summed E-state index contributed by atoms with van der Waals surface area (Å²) in [5.74, 6) is -2.36. The molecule has 0 aliphatic carbocycles. The molecule has 17 nitrogen and oxygen atoms in total. The van der Waals surface area contributed by atoms with Crippen LogP contribution in [0, 0.1) is 17.8 Å². The normalized spacial score (nSPS) is 36.7. The number of cyclic esters (lactones) is 1. The molecule has 17 heteroatoms. The lowest BCUT2D eigenvalue weighted by Crippen LogP contribution is -2.66. The first kappa shape index (κ1) is 55.0. The third-order valence-electron chi connectivity index (χ3n) is 12.6. The molecule has 0 spiro atoms. The highest BCUT2D eigenvalue weighted by Gasteiger charge is 2.53. The summed E-state index contributed by atoms with van der Waals surface area (Å²) < 4.78 is 49.5. The predicted octanol–water partition coefficient (Wildman–Crippen LogP) is 4.51. The van der Waals surface area contributed by atoms with E-state index in [9.17, 15) is 29.4 Å². The van der Waals surface area contributed by atoms with Crippen LogP contribution in [0.1, 0.15) is 99.6 Å². The van der Waals surface area contributed by atoms with Crippen molar-refractivity contribution in [2.45, 2.75) is 179 Å². The first-order valence-electron chi connectivity index (χ1n) is 23.3. The van der Waals surface area contributed by atoms with E-state index in [0.717, 1.165) is 12.0 Å². The number of methoxy groups -OCH3 is 1. The predicted molar refractivity (Wildman–Crippen MR) is 244 cm³/mol. The summed E-state index contributed by atoms with van der Waals surface area (Å²) in [5, 5.41) is 23.8. The Balaban J connectivity index is 1.67. The molecule has 2 N–H and O–H groups in total. The number of hydrogen-bond acceptors (Lipinski definition) is 17. The van der Waals surface area contributed by atoms with Crippen LogP contribution in [0.5, 0.6) is 0 Å². The molecule has 2 fully saturated rings. The van der Waals surface area contributed by atoms with Gasteiger partial charge in [-0.25, -0.2) is 0 Å². The lowest BCUT2D eigenvalue weighted by molar-refractivity contribution is -0.344. The molecule has 0 radical (unpaired) electrons. The van der Waals surface area contributed by atoms with Crippen molar-refractivity contribution in [1.29, 1.82) is 0 Å². The topological polar surface area (TPSA) is 202 Å². The molecule has 2 saturated heterocycles. The van der Waals surface area contributed by atoms with Crippen molar-refractivity contribution in [3.05, 3.63) is 48.3 Å². The monoisotopic (exact) mass is 932 g/mol. The van der Waals surface area contributed by atoms with Crippen molar-refractivity contribution < 1.29 is 67.3 Å². The Hall–Kier alpha value is -3.65. The molecule has 0 saturated carbocycles. The van der Waals surface area contributed by atoms with E-state index in [1.54, 1.807) is 52.9 Å². The van der Waals surface area contributed by atoms with Gasteiger partial charge in [-0.3, -0.25) is 24.3 Å². The number of likely N-dealkylation sites (N-methyl/N-ethyl adjacent to an activating group) is 2. The van der Waals surface area contributed by atoms with Crippen molar-refractivity contribution in [3.63, 3.8) is 0 Å². The van der Waals surface area contributed by atoms with Gasteiger partial charge in [0.25, 0.3) is 0 Å². The van der Waals surface area contributed by atoms with E-state index < -0.39 is 103 Å². The Bertz CT molecular complexity index is 1740. The largest absolute Gasteiger partial charge is 0.462 e. The van der Waals surface area contributed by atoms with Gasteiger partial charge < -0.3 is 57.8 Å². The maximum atomic E-state index is 13.5. The van der Waals surface area contributed by atoms with Gasteiger partial charge in [-0.1, -0.05) is 45.1 Å². The molecule has 3 aliphatic heterocycles. The van der Waals surface area contributed by atoms with E-state index in [0.29, 0.717) is 19.4 Å². The van der Waals surface area contributed by atoms with Gasteiger partial charge in [0.05, 0.1) is 36.5 Å². The van der Waals surface area contributed by atoms with Gasteiger partial charge in [0.1, 0.15) is 42.4 Å². The quantitative estimate of drug-likeness (QED) is 0.101. The van der Waals surface area contributed by atoms with Crippen LogP contribution >= 0.6 is 0 Å². The van der Waals surface area contributed by atoms with E-state index in [-0.39, 0.29) is 43.6 Å². The van der Waals surface area contributed by atoms with Gasteiger partial charge in [-0.15, -0.1) is 0 Å². The van der Waals surface area contributed by atoms with Crippen LogP contribution in [0.15, 0.2) is 42.6 Å². The molecular formula is C49H77N3O14. The van der Waals surface area contributed by atoms with Crippen LogP contribution in [0.2, 0.25) is 0 Å². The van der Waals surface area contributed by atoms with Crippen LogP contribution in [0.25, 0.3) is 6.08 Å². The first-order chi connectivity index (χ1) is 31.1. The Morgan fingerprint density at radius 1 is 1.03 bits per heavy atom. The third kappa shape index (κ3) is 15.7. The average molecular weight is 932 g/mol. The molecule has 372 valence electrons. The SMILES string of the molecule is CO[C@@H]1[C@@H](O[C@@H]2O[C@H](C)C(O[C@H]3C[C@@](C)(O)[C@@H](OC(=O)CC(C)C)[C@H](C)O3)[C@H](N(C)C)[C@H]2O)[C@@H](CC=O)C[C@@H](C)[C@@H](N(C)C/C=C/c2ccccn2)/C=C/C[C@@H](C)OC(=O)C[C@H]1OC(C)=O. The number of aldehydes is 1. The molecule has 16 atom stereocenters. The zero-order valence-corrected chi connectivity index (χ0v) is 41.0. The molecule has 0 aromatic carbocycles. The highest BCUT2D eigenvalue weighted by molar-refractivity contribution is 5.72. The summed E-state index contributed by atoms with van der Waals surface area (Å²) >= 11 is 0. The number of carbonyl (C=O) groups is 4. The Kier molecular flexibility index (Phi) is 21.3. The molecule has 1 unspecified atom stereocenters. The maximum Gasteiger partial charge on any atom is 0.309 e. The van der Waals surface area contributed by atoms with Crippen LogP contribution in [0.4, 0.5) is 0 Å². The maximum absolute atomic E-state index is 13.5. The van der Waals surface area contributed by atoms with Crippen molar-refractivity contribution >= 4 is 30.3 Å². The second-order valence-electron chi connectivity index (χ2n) is 19.2. The van der Waals surface area contributed by atoms with Crippen LogP contribution in [-0.4, -0.2) is 169 Å². The second kappa shape index (κ2) is 25.6. The Morgan fingerprint density at radius 3 is 2.36 bits per heavy atom. The molecule has 66 heavy (non-hydrogen) atoms. The smallest absolute Gasteiger partial charge is 0.309 e. The summed E-state index contributed by atoms with van der Waals surface area (Å²) in [4.78, 5) is 59.8. The van der Waals surface area contributed by atoms with Gasteiger partial charge in [0.15, 0.2) is 18.7 Å². The number of carbonyl (C=O) groups excluding carboxylic acids is 4. The fourth-order valence-corrected chi connectivity index (χ4v) is 9.48. The second-order valence-corrected chi connectivity index (χ2v) is 19.2. The number of pyridine rings is 1. The van der Waals surface area contributed by atoms with Gasteiger partial charge >= 0.3 is 17.9 Å². The van der Waals surface area contributed by atoms with E-state index in [2.05, 4.69) is 22.9 Å². The van der Waals surface area contributed by atoms with Crippen molar-refractivity contribution in [3.8, 4) is 0 Å². The number of ether oxygens (including phenoxy) is 8. The number of aliphatic hydroxyl groups is 2. The standard InChI is InChI=1S/C49H77N3O14/c1-29(2)25-39(55)64-47-33(6)61-41(28-49(47,8)58)65-44-32(5)62-48(43(57)42(44)51(9)10)66-45-35(21-24-53)26-30(3)37(52(11)23-16-19-36-18-13-14-22-50-36)20-15-17-31(4)60-40(56)27-38(46(45)59-12)63-34(7)54/h13-16,18-20,22,24,29-33,35,37-38,41-48,57-58H,17,21,23,25-28H2,1-12H3/b19-16+,20-15+/t30-,31-,32-,33+,35+,37+,38-,41+,42-,43-,44?,45+,46+,47+,48+,49-/m1/s1. The van der Waals surface area contributed by atoms with Crippen molar-refractivity contribution in [2.24, 2.45) is 17.8 Å². The highest BCUT2D eigenvalue weighted by Crippen LogP contribution is 2.38. The molecule has 1 aromatic rings. The van der Waals surface area contributed by atoms with Crippen LogP contribution in [-0.2, 0) is 57.1 Å². The minimum atomic E-state index is -1.50. The fraction of sp³-hybridized carbons (Fsp3) is 0.735. The van der Waals surface area contributed by atoms with Crippen molar-refractivity contribution in [2.75, 3.05) is 34.8 Å². The molecule has 3 aliphatic rings. The average Bonchev–Trinajstić information content (AvgIpc) is 3.21. The minimum absolute atomic E-state index is 0.00497. The minimum Gasteiger partial charge on any atom is -0.462 e. The number of rotatable bonds is 16. The number of aromatic nitrogens is 1. The lowest BCUT2D eigenvalue weighted by atomic mass is 9.81. The zero-order valence-electron chi connectivity index (χ0n) is 41.0. The number of esters is 3. The van der Waals surface area contributed by atoms with Gasteiger partial charge in [0, 0.05) is 58.5 Å². The Labute approximate surface area is 391 Å². The lowest BCUT2D eigenvalue weighted by Gasteiger charge is -2.50. The van der Waals surface area contributed by atoms with E-state index in [1.807, 2.05) is 57.3 Å². The Morgan fingerprint density at radius 2 is 1.76 bits per heavy atom. The number of nitrogens with zero attached hydrogens (tertiary/aromatic N) is 3. The molecule has 0 bridgehead atoms. The van der Waals surface area contributed by atoms with Crippen LogP contribution < -0.4 is 0 Å². The molecule has 0 amide bonds. The number of aliphatic hydroxyl groups excluding tert-OH is 1. The van der Waals surface area contributed by atoms with Gasteiger partial charge in [-0.05, 0) is 91.2 Å². The summed E-state index contributed by atoms with van der Waals surface area (Å²) in [5.41, 5.74) is -0.675. The highest BCUT2D eigenvalue weighted by atomic mass is 16.7. The number of hydrogen-bond donors (Lipinski definition) is 2. The van der Waals surface area contributed by atoms with Gasteiger partial charge in [-0.2, -0.15) is 0 Å². The summed E-state index contributed by atoms with van der Waals surface area (Å²) in [6.07, 6.45) is 0.394. The molecule has 4 rings (SSSR count).